The Hall–Kier alpha value is -3.67. The molecular formula is C25H23ClN4O4. The summed E-state index contributed by atoms with van der Waals surface area (Å²) in [6.07, 6.45) is 4.50. The van der Waals surface area contributed by atoms with Crippen LogP contribution in [0.15, 0.2) is 46.9 Å². The summed E-state index contributed by atoms with van der Waals surface area (Å²) in [5, 5.41) is 12.9. The van der Waals surface area contributed by atoms with Crippen molar-refractivity contribution in [2.24, 2.45) is 0 Å². The normalized spacial score (nSPS) is 15.8. The first-order valence-electron chi connectivity index (χ1n) is 10.8. The van der Waals surface area contributed by atoms with Crippen molar-refractivity contribution in [2.75, 3.05) is 13.2 Å². The number of carbonyl (C=O) groups is 1. The molecule has 1 atom stereocenters. The zero-order valence-corrected chi connectivity index (χ0v) is 19.6. The lowest BCUT2D eigenvalue weighted by atomic mass is 10.1. The van der Waals surface area contributed by atoms with Gasteiger partial charge in [0.05, 0.1) is 6.10 Å². The third kappa shape index (κ3) is 4.96. The summed E-state index contributed by atoms with van der Waals surface area (Å²) < 4.78 is 12.8. The molecule has 8 nitrogen and oxygen atoms in total. The molecule has 0 saturated carbocycles. The number of amides is 1. The van der Waals surface area contributed by atoms with Gasteiger partial charge in [0.25, 0.3) is 11.5 Å². The molecule has 9 heteroatoms. The van der Waals surface area contributed by atoms with E-state index in [-0.39, 0.29) is 23.1 Å². The average Bonchev–Trinajstić information content (AvgIpc) is 3.34. The number of aromatic nitrogens is 2. The Kier molecular flexibility index (Phi) is 6.96. The van der Waals surface area contributed by atoms with E-state index < -0.39 is 11.5 Å². The Morgan fingerprint density at radius 2 is 2.21 bits per heavy atom. The first-order chi connectivity index (χ1) is 16.4. The van der Waals surface area contributed by atoms with Crippen molar-refractivity contribution in [2.45, 2.75) is 32.8 Å². The quantitative estimate of drug-likeness (QED) is 0.424. The maximum atomic E-state index is 13.4. The van der Waals surface area contributed by atoms with Crippen LogP contribution < -0.4 is 15.6 Å². The van der Waals surface area contributed by atoms with Crippen LogP contribution in [0, 0.1) is 25.2 Å². The van der Waals surface area contributed by atoms with Crippen LogP contribution >= 0.6 is 11.6 Å². The number of nitriles is 1. The lowest BCUT2D eigenvalue weighted by molar-refractivity contribution is -0.117. The number of pyridine rings is 1. The minimum atomic E-state index is -0.597. The highest BCUT2D eigenvalue weighted by atomic mass is 35.5. The van der Waals surface area contributed by atoms with E-state index >= 15 is 0 Å². The van der Waals surface area contributed by atoms with Gasteiger partial charge in [-0.2, -0.15) is 10.2 Å². The van der Waals surface area contributed by atoms with E-state index in [9.17, 15) is 14.9 Å². The molecule has 1 aliphatic rings. The van der Waals surface area contributed by atoms with Crippen LogP contribution in [-0.2, 0) is 9.53 Å². The first kappa shape index (κ1) is 23.5. The molecule has 34 heavy (non-hydrogen) atoms. The summed E-state index contributed by atoms with van der Waals surface area (Å²) in [6, 6.07) is 10.5. The monoisotopic (exact) mass is 478 g/mol. The minimum absolute atomic E-state index is 0.0132. The molecule has 1 aromatic carbocycles. The largest absolute Gasteiger partial charge is 0.438 e. The van der Waals surface area contributed by atoms with Gasteiger partial charge in [0.1, 0.15) is 28.6 Å². The molecule has 0 spiro atoms. The third-order valence-electron chi connectivity index (χ3n) is 5.56. The van der Waals surface area contributed by atoms with E-state index in [0.29, 0.717) is 29.6 Å². The van der Waals surface area contributed by atoms with Crippen molar-refractivity contribution in [1.82, 2.24) is 14.7 Å². The number of nitrogens with one attached hydrogen (secondary N) is 1. The van der Waals surface area contributed by atoms with Crippen LogP contribution in [0.1, 0.15) is 29.5 Å². The summed E-state index contributed by atoms with van der Waals surface area (Å²) in [5.74, 6) is -0.191. The van der Waals surface area contributed by atoms with Crippen LogP contribution in [0.2, 0.25) is 5.02 Å². The summed E-state index contributed by atoms with van der Waals surface area (Å²) in [4.78, 5) is 30.6. The van der Waals surface area contributed by atoms with Crippen molar-refractivity contribution < 1.29 is 14.3 Å². The molecule has 0 aliphatic carbocycles. The number of fused-ring (bicyclic) bond motifs is 1. The van der Waals surface area contributed by atoms with E-state index in [2.05, 4.69) is 10.3 Å². The number of hydrogen-bond acceptors (Lipinski definition) is 6. The van der Waals surface area contributed by atoms with Crippen LogP contribution in [-0.4, -0.2) is 34.5 Å². The predicted octanol–water partition coefficient (Wildman–Crippen LogP) is 3.96. The van der Waals surface area contributed by atoms with Gasteiger partial charge < -0.3 is 14.8 Å². The van der Waals surface area contributed by atoms with Crippen molar-refractivity contribution >= 4 is 29.2 Å². The molecule has 1 N–H and O–H groups in total. The van der Waals surface area contributed by atoms with Crippen molar-refractivity contribution in [3.63, 3.8) is 0 Å². The van der Waals surface area contributed by atoms with Crippen LogP contribution in [0.3, 0.4) is 0 Å². The zero-order valence-electron chi connectivity index (χ0n) is 18.8. The molecule has 3 aromatic rings. The zero-order chi connectivity index (χ0) is 24.2. The first-order valence-corrected chi connectivity index (χ1v) is 11.2. The second kappa shape index (κ2) is 10.1. The van der Waals surface area contributed by atoms with E-state index in [1.54, 1.807) is 30.5 Å². The van der Waals surface area contributed by atoms with Gasteiger partial charge in [0.2, 0.25) is 5.88 Å². The maximum Gasteiger partial charge on any atom is 0.269 e. The highest BCUT2D eigenvalue weighted by Crippen LogP contribution is 2.28. The minimum Gasteiger partial charge on any atom is -0.438 e. The fourth-order valence-electron chi connectivity index (χ4n) is 3.69. The lowest BCUT2D eigenvalue weighted by Gasteiger charge is -2.13. The number of carbonyl (C=O) groups excluding carboxylic acids is 1. The number of benzene rings is 1. The fraction of sp³-hybridized carbons (Fsp3) is 0.280. The number of aryl methyl sites for hydroxylation is 2. The molecular weight excluding hydrogens is 456 g/mol. The smallest absolute Gasteiger partial charge is 0.269 e. The van der Waals surface area contributed by atoms with Gasteiger partial charge >= 0.3 is 0 Å². The number of rotatable bonds is 6. The molecule has 1 aliphatic heterocycles. The predicted molar refractivity (Wildman–Crippen MR) is 128 cm³/mol. The van der Waals surface area contributed by atoms with E-state index in [0.717, 1.165) is 24.0 Å². The number of halogens is 1. The highest BCUT2D eigenvalue weighted by molar-refractivity contribution is 6.31. The summed E-state index contributed by atoms with van der Waals surface area (Å²) in [7, 11) is 0. The topological polar surface area (TPSA) is 106 Å². The van der Waals surface area contributed by atoms with E-state index in [4.69, 9.17) is 21.1 Å². The summed E-state index contributed by atoms with van der Waals surface area (Å²) >= 11 is 6.11. The van der Waals surface area contributed by atoms with Gasteiger partial charge in [-0.25, -0.2) is 0 Å². The number of hydrogen-bond donors (Lipinski definition) is 1. The Morgan fingerprint density at radius 1 is 1.38 bits per heavy atom. The maximum absolute atomic E-state index is 13.4. The fourth-order valence-corrected chi connectivity index (χ4v) is 3.80. The van der Waals surface area contributed by atoms with Gasteiger partial charge in [-0.3, -0.25) is 14.0 Å². The molecule has 1 fully saturated rings. The van der Waals surface area contributed by atoms with E-state index in [1.165, 1.54) is 10.5 Å². The van der Waals surface area contributed by atoms with Crippen LogP contribution in [0.5, 0.6) is 11.6 Å². The SMILES string of the molecule is Cc1cc(Oc2nc3c(C)cccn3c(=O)c2/C=C(\C#N)C(=O)NC[C@H]2CCCO2)ccc1Cl. The van der Waals surface area contributed by atoms with Gasteiger partial charge in [-0.05, 0) is 68.2 Å². The van der Waals surface area contributed by atoms with Crippen LogP contribution in [0.4, 0.5) is 0 Å². The Balaban J connectivity index is 1.77. The lowest BCUT2D eigenvalue weighted by Crippen LogP contribution is -2.32. The Morgan fingerprint density at radius 3 is 2.91 bits per heavy atom. The molecule has 1 amide bonds. The standard InChI is InChI=1S/C25H23ClN4O4/c1-15-5-3-9-30-22(15)29-24(34-18-7-8-21(26)16(2)11-18)20(25(30)32)12-17(13-27)23(31)28-14-19-6-4-10-33-19/h3,5,7-9,11-12,19H,4,6,10,14H2,1-2H3,(H,28,31)/b17-12+/t19-/m1/s1. The van der Waals surface area contributed by atoms with Crippen molar-refractivity contribution in [1.29, 1.82) is 5.26 Å². The van der Waals surface area contributed by atoms with Crippen molar-refractivity contribution in [3.05, 3.63) is 74.2 Å². The van der Waals surface area contributed by atoms with Gasteiger partial charge in [-0.15, -0.1) is 0 Å². The Labute approximate surface area is 201 Å². The molecule has 0 radical (unpaired) electrons. The molecule has 1 saturated heterocycles. The second-order valence-electron chi connectivity index (χ2n) is 8.05. The molecule has 0 bridgehead atoms. The third-order valence-corrected chi connectivity index (χ3v) is 5.99. The Bertz CT molecular complexity index is 1380. The van der Waals surface area contributed by atoms with Crippen LogP contribution in [0.25, 0.3) is 11.7 Å². The summed E-state index contributed by atoms with van der Waals surface area (Å²) in [6.45, 7) is 4.60. The number of nitrogens with zero attached hydrogens (tertiary/aromatic N) is 3. The van der Waals surface area contributed by atoms with Crippen molar-refractivity contribution in [3.8, 4) is 17.7 Å². The molecule has 0 unspecified atom stereocenters. The number of ether oxygens (including phenoxy) is 2. The molecule has 3 heterocycles. The van der Waals surface area contributed by atoms with Gasteiger partial charge in [0, 0.05) is 24.4 Å². The molecule has 2 aromatic heterocycles. The summed E-state index contributed by atoms with van der Waals surface area (Å²) in [5.41, 5.74) is 1.25. The van der Waals surface area contributed by atoms with Gasteiger partial charge in [0.15, 0.2) is 0 Å². The van der Waals surface area contributed by atoms with E-state index in [1.807, 2.05) is 26.0 Å². The highest BCUT2D eigenvalue weighted by Gasteiger charge is 2.20. The van der Waals surface area contributed by atoms with Gasteiger partial charge in [-0.1, -0.05) is 17.7 Å². The molecule has 4 rings (SSSR count). The second-order valence-corrected chi connectivity index (χ2v) is 8.46. The molecule has 174 valence electrons. The average molecular weight is 479 g/mol.